The molecule has 1 aliphatic rings. The van der Waals surface area contributed by atoms with Crippen LogP contribution in [0, 0.1) is 0 Å². The van der Waals surface area contributed by atoms with Crippen LogP contribution in [0.3, 0.4) is 0 Å². The molecule has 1 N–H and O–H groups in total. The third-order valence-corrected chi connectivity index (χ3v) is 6.00. The third kappa shape index (κ3) is 3.78. The van der Waals surface area contributed by atoms with E-state index in [1.54, 1.807) is 16.9 Å². The van der Waals surface area contributed by atoms with Gasteiger partial charge in [0.05, 0.1) is 11.9 Å². The van der Waals surface area contributed by atoms with Gasteiger partial charge in [0.25, 0.3) is 5.91 Å². The van der Waals surface area contributed by atoms with Crippen molar-refractivity contribution in [1.29, 1.82) is 0 Å². The van der Waals surface area contributed by atoms with Crippen molar-refractivity contribution >= 4 is 34.8 Å². The SMILES string of the molecule is O=C(NN1CCCC1)c1cnn2c(-c3ccc(Cl)cc3)c(-c3ccccc3Cl)cnc12. The van der Waals surface area contributed by atoms with Crippen molar-refractivity contribution in [1.82, 2.24) is 25.0 Å². The summed E-state index contributed by atoms with van der Waals surface area (Å²) in [7, 11) is 0. The number of benzene rings is 2. The molecular weight excluding hydrogens is 433 g/mol. The number of rotatable bonds is 4. The first kappa shape index (κ1) is 20.0. The molecule has 1 aliphatic heterocycles. The molecule has 1 amide bonds. The van der Waals surface area contributed by atoms with Crippen LogP contribution in [0.25, 0.3) is 28.0 Å². The molecule has 0 spiro atoms. The topological polar surface area (TPSA) is 62.5 Å². The average molecular weight is 452 g/mol. The van der Waals surface area contributed by atoms with Gasteiger partial charge in [-0.2, -0.15) is 5.10 Å². The molecule has 0 bridgehead atoms. The fourth-order valence-electron chi connectivity index (χ4n) is 3.89. The van der Waals surface area contributed by atoms with Gasteiger partial charge in [-0.1, -0.05) is 53.5 Å². The minimum atomic E-state index is -0.211. The second kappa shape index (κ2) is 8.30. The molecule has 1 saturated heterocycles. The number of nitrogens with one attached hydrogen (secondary N) is 1. The lowest BCUT2D eigenvalue weighted by molar-refractivity contribution is 0.0827. The van der Waals surface area contributed by atoms with Crippen molar-refractivity contribution in [2.75, 3.05) is 13.1 Å². The number of hydrogen-bond acceptors (Lipinski definition) is 4. The number of carbonyl (C=O) groups is 1. The molecule has 3 heterocycles. The predicted molar refractivity (Wildman–Crippen MR) is 122 cm³/mol. The Morgan fingerprint density at radius 3 is 2.42 bits per heavy atom. The van der Waals surface area contributed by atoms with Gasteiger partial charge in [-0.25, -0.2) is 14.5 Å². The molecule has 0 aliphatic carbocycles. The Bertz CT molecular complexity index is 1260. The molecule has 156 valence electrons. The van der Waals surface area contributed by atoms with Crippen molar-refractivity contribution in [2.24, 2.45) is 0 Å². The Morgan fingerprint density at radius 1 is 0.935 bits per heavy atom. The first-order chi connectivity index (χ1) is 15.1. The number of hydrogen-bond donors (Lipinski definition) is 1. The van der Waals surface area contributed by atoms with Crippen LogP contribution >= 0.6 is 23.2 Å². The van der Waals surface area contributed by atoms with Gasteiger partial charge < -0.3 is 0 Å². The van der Waals surface area contributed by atoms with Crippen molar-refractivity contribution in [3.8, 4) is 22.4 Å². The zero-order chi connectivity index (χ0) is 21.4. The molecule has 4 aromatic rings. The summed E-state index contributed by atoms with van der Waals surface area (Å²) in [5.74, 6) is -0.211. The molecule has 0 atom stereocenters. The lowest BCUT2D eigenvalue weighted by atomic mass is 10.0. The number of aromatic nitrogens is 3. The van der Waals surface area contributed by atoms with Gasteiger partial charge >= 0.3 is 0 Å². The van der Waals surface area contributed by atoms with Crippen molar-refractivity contribution in [3.05, 3.63) is 76.5 Å². The fraction of sp³-hybridized carbons (Fsp3) is 0.174. The number of hydrazine groups is 1. The second-order valence-electron chi connectivity index (χ2n) is 7.44. The van der Waals surface area contributed by atoms with E-state index in [1.807, 2.05) is 53.5 Å². The molecule has 0 radical (unpaired) electrons. The normalized spacial score (nSPS) is 14.3. The van der Waals surface area contributed by atoms with E-state index in [1.165, 1.54) is 0 Å². The zero-order valence-corrected chi connectivity index (χ0v) is 18.1. The number of fused-ring (bicyclic) bond motifs is 1. The molecule has 2 aromatic carbocycles. The third-order valence-electron chi connectivity index (χ3n) is 5.42. The molecule has 5 rings (SSSR count). The summed E-state index contributed by atoms with van der Waals surface area (Å²) in [6.45, 7) is 1.70. The summed E-state index contributed by atoms with van der Waals surface area (Å²) >= 11 is 12.6. The zero-order valence-electron chi connectivity index (χ0n) is 16.6. The van der Waals surface area contributed by atoms with Crippen LogP contribution in [0.4, 0.5) is 0 Å². The Kier molecular flexibility index (Phi) is 5.36. The monoisotopic (exact) mass is 451 g/mol. The Labute approximate surface area is 189 Å². The van der Waals surface area contributed by atoms with Crippen LogP contribution in [-0.2, 0) is 0 Å². The lowest BCUT2D eigenvalue weighted by Gasteiger charge is -2.16. The summed E-state index contributed by atoms with van der Waals surface area (Å²) in [4.78, 5) is 17.5. The van der Waals surface area contributed by atoms with E-state index in [0.717, 1.165) is 48.3 Å². The molecule has 1 fully saturated rings. The number of amides is 1. The van der Waals surface area contributed by atoms with Gasteiger partial charge in [-0.15, -0.1) is 0 Å². The van der Waals surface area contributed by atoms with E-state index in [9.17, 15) is 4.79 Å². The van der Waals surface area contributed by atoms with E-state index in [-0.39, 0.29) is 5.91 Å². The molecular formula is C23H19Cl2N5O. The average Bonchev–Trinajstić information content (AvgIpc) is 3.44. The largest absolute Gasteiger partial charge is 0.285 e. The van der Waals surface area contributed by atoms with Crippen LogP contribution < -0.4 is 5.43 Å². The quantitative estimate of drug-likeness (QED) is 0.468. The van der Waals surface area contributed by atoms with Crippen molar-refractivity contribution in [3.63, 3.8) is 0 Å². The highest BCUT2D eigenvalue weighted by molar-refractivity contribution is 6.33. The second-order valence-corrected chi connectivity index (χ2v) is 8.28. The van der Waals surface area contributed by atoms with Crippen LogP contribution in [0.2, 0.25) is 10.0 Å². The highest BCUT2D eigenvalue weighted by Gasteiger charge is 2.22. The predicted octanol–water partition coefficient (Wildman–Crippen LogP) is 5.11. The molecule has 0 saturated carbocycles. The van der Waals surface area contributed by atoms with Crippen molar-refractivity contribution in [2.45, 2.75) is 12.8 Å². The van der Waals surface area contributed by atoms with Gasteiger partial charge in [0.2, 0.25) is 0 Å². The summed E-state index contributed by atoms with van der Waals surface area (Å²) in [6.07, 6.45) is 5.46. The maximum Gasteiger partial charge on any atom is 0.271 e. The highest BCUT2D eigenvalue weighted by Crippen LogP contribution is 2.36. The smallest absolute Gasteiger partial charge is 0.271 e. The van der Waals surface area contributed by atoms with E-state index < -0.39 is 0 Å². The maximum absolute atomic E-state index is 12.9. The lowest BCUT2D eigenvalue weighted by Crippen LogP contribution is -2.40. The number of halogens is 2. The van der Waals surface area contributed by atoms with Crippen LogP contribution in [0.15, 0.2) is 60.9 Å². The number of carbonyl (C=O) groups excluding carboxylic acids is 1. The first-order valence-electron chi connectivity index (χ1n) is 10.1. The molecule has 8 heteroatoms. The van der Waals surface area contributed by atoms with E-state index in [0.29, 0.717) is 21.3 Å². The van der Waals surface area contributed by atoms with Gasteiger partial charge in [0, 0.05) is 46.0 Å². The van der Waals surface area contributed by atoms with E-state index in [2.05, 4.69) is 15.5 Å². The molecule has 0 unspecified atom stereocenters. The van der Waals surface area contributed by atoms with E-state index >= 15 is 0 Å². The molecule has 2 aromatic heterocycles. The minimum absolute atomic E-state index is 0.211. The molecule has 6 nitrogen and oxygen atoms in total. The molecule has 31 heavy (non-hydrogen) atoms. The minimum Gasteiger partial charge on any atom is -0.285 e. The van der Waals surface area contributed by atoms with Crippen molar-refractivity contribution < 1.29 is 4.79 Å². The summed E-state index contributed by atoms with van der Waals surface area (Å²) in [5.41, 5.74) is 7.19. The maximum atomic E-state index is 12.9. The summed E-state index contributed by atoms with van der Waals surface area (Å²) in [5, 5.41) is 7.71. The first-order valence-corrected chi connectivity index (χ1v) is 10.8. The fourth-order valence-corrected chi connectivity index (χ4v) is 4.25. The highest BCUT2D eigenvalue weighted by atomic mass is 35.5. The van der Waals surface area contributed by atoms with Gasteiger partial charge in [-0.05, 0) is 31.0 Å². The Balaban J connectivity index is 1.68. The van der Waals surface area contributed by atoms with Gasteiger partial charge in [0.1, 0.15) is 5.56 Å². The Morgan fingerprint density at radius 2 is 1.68 bits per heavy atom. The van der Waals surface area contributed by atoms with Crippen LogP contribution in [0.1, 0.15) is 23.2 Å². The van der Waals surface area contributed by atoms with Crippen LogP contribution in [-0.4, -0.2) is 38.6 Å². The standard InChI is InChI=1S/C23H19Cl2N5O/c24-16-9-7-15(8-10-16)21-18(17-5-1-2-6-20(17)25)13-26-22-19(14-27-30(21)22)23(31)28-29-11-3-4-12-29/h1-2,5-10,13-14H,3-4,11-12H2,(H,28,31). The van der Waals surface area contributed by atoms with Gasteiger partial charge in [-0.3, -0.25) is 10.2 Å². The number of nitrogens with zero attached hydrogens (tertiary/aromatic N) is 4. The van der Waals surface area contributed by atoms with Crippen LogP contribution in [0.5, 0.6) is 0 Å². The summed E-state index contributed by atoms with van der Waals surface area (Å²) in [6, 6.07) is 15.1. The van der Waals surface area contributed by atoms with Gasteiger partial charge in [0.15, 0.2) is 5.65 Å². The Hall–Kier alpha value is -2.93. The van der Waals surface area contributed by atoms with E-state index in [4.69, 9.17) is 23.2 Å². The summed E-state index contributed by atoms with van der Waals surface area (Å²) < 4.78 is 1.70.